The molecule has 1 unspecified atom stereocenters. The molecule has 1 aliphatic heterocycles. The maximum Gasteiger partial charge on any atom is 0.232 e. The maximum absolute atomic E-state index is 12.1. The summed E-state index contributed by atoms with van der Waals surface area (Å²) in [5, 5.41) is 0. The van der Waals surface area contributed by atoms with Crippen molar-refractivity contribution in [2.45, 2.75) is 26.0 Å². The van der Waals surface area contributed by atoms with E-state index in [9.17, 15) is 4.79 Å². The van der Waals surface area contributed by atoms with E-state index in [2.05, 4.69) is 32.0 Å². The maximum atomic E-state index is 12.1. The van der Waals surface area contributed by atoms with Gasteiger partial charge in [0.15, 0.2) is 0 Å². The molecule has 1 amide bonds. The first-order valence-corrected chi connectivity index (χ1v) is 8.36. The van der Waals surface area contributed by atoms with E-state index in [4.69, 9.17) is 5.73 Å². The van der Waals surface area contributed by atoms with Gasteiger partial charge in [-0.2, -0.15) is 0 Å². The van der Waals surface area contributed by atoms with Gasteiger partial charge in [0.1, 0.15) is 0 Å². The number of hydrogen-bond donors (Lipinski definition) is 1. The van der Waals surface area contributed by atoms with Gasteiger partial charge in [-0.3, -0.25) is 4.79 Å². The fourth-order valence-electron chi connectivity index (χ4n) is 2.75. The zero-order chi connectivity index (χ0) is 14.5. The molecule has 1 aromatic carbocycles. The standard InChI is InChI=1S/C16H24N2OS/c1-12-5-13(2)7-15(6-12)10-20-11-16(19)18-4-3-14(8-17)9-18/h5-7,14H,3-4,8-11,17H2,1-2H3. The number of likely N-dealkylation sites (tertiary alicyclic amines) is 1. The fraction of sp³-hybridized carbons (Fsp3) is 0.562. The molecule has 0 saturated carbocycles. The van der Waals surface area contributed by atoms with Crippen molar-refractivity contribution in [2.75, 3.05) is 25.4 Å². The summed E-state index contributed by atoms with van der Waals surface area (Å²) in [4.78, 5) is 14.1. The Kier molecular flexibility index (Phi) is 5.49. The number of amides is 1. The van der Waals surface area contributed by atoms with Gasteiger partial charge in [-0.15, -0.1) is 11.8 Å². The van der Waals surface area contributed by atoms with E-state index in [0.717, 1.165) is 25.3 Å². The van der Waals surface area contributed by atoms with E-state index in [-0.39, 0.29) is 5.91 Å². The van der Waals surface area contributed by atoms with Crippen LogP contribution in [0.15, 0.2) is 18.2 Å². The Balaban J connectivity index is 1.77. The predicted molar refractivity (Wildman–Crippen MR) is 85.8 cm³/mol. The summed E-state index contributed by atoms with van der Waals surface area (Å²) < 4.78 is 0. The first-order chi connectivity index (χ1) is 9.58. The normalized spacial score (nSPS) is 18.6. The highest BCUT2D eigenvalue weighted by Gasteiger charge is 2.24. The molecule has 1 fully saturated rings. The molecule has 0 aromatic heterocycles. The first-order valence-electron chi connectivity index (χ1n) is 7.21. The van der Waals surface area contributed by atoms with Crippen molar-refractivity contribution >= 4 is 17.7 Å². The molecule has 1 atom stereocenters. The monoisotopic (exact) mass is 292 g/mol. The molecule has 3 nitrogen and oxygen atoms in total. The molecule has 0 spiro atoms. The largest absolute Gasteiger partial charge is 0.342 e. The van der Waals surface area contributed by atoms with Gasteiger partial charge < -0.3 is 10.6 Å². The third kappa shape index (κ3) is 4.25. The van der Waals surface area contributed by atoms with Crippen molar-refractivity contribution in [1.82, 2.24) is 4.90 Å². The molecule has 0 radical (unpaired) electrons. The molecule has 1 saturated heterocycles. The molecule has 1 aromatic rings. The topological polar surface area (TPSA) is 46.3 Å². The summed E-state index contributed by atoms with van der Waals surface area (Å²) >= 11 is 1.71. The van der Waals surface area contributed by atoms with Crippen LogP contribution in [0, 0.1) is 19.8 Å². The highest BCUT2D eigenvalue weighted by molar-refractivity contribution is 7.99. The zero-order valence-corrected chi connectivity index (χ0v) is 13.2. The van der Waals surface area contributed by atoms with Gasteiger partial charge in [-0.1, -0.05) is 29.3 Å². The van der Waals surface area contributed by atoms with Crippen LogP contribution in [0.4, 0.5) is 0 Å². The van der Waals surface area contributed by atoms with Gasteiger partial charge >= 0.3 is 0 Å². The summed E-state index contributed by atoms with van der Waals surface area (Å²) in [6.45, 7) is 6.65. The number of carbonyl (C=O) groups excluding carboxylic acids is 1. The third-order valence-electron chi connectivity index (χ3n) is 3.75. The lowest BCUT2D eigenvalue weighted by Crippen LogP contribution is -2.31. The van der Waals surface area contributed by atoms with Crippen molar-refractivity contribution in [3.63, 3.8) is 0 Å². The number of rotatable bonds is 5. The Morgan fingerprint density at radius 2 is 2.05 bits per heavy atom. The second-order valence-electron chi connectivity index (χ2n) is 5.72. The minimum atomic E-state index is 0.260. The summed E-state index contributed by atoms with van der Waals surface area (Å²) in [5.74, 6) is 2.24. The van der Waals surface area contributed by atoms with Gasteiger partial charge in [-0.05, 0) is 38.3 Å². The van der Waals surface area contributed by atoms with Crippen LogP contribution >= 0.6 is 11.8 Å². The number of hydrogen-bond acceptors (Lipinski definition) is 3. The van der Waals surface area contributed by atoms with Crippen LogP contribution in [0.1, 0.15) is 23.1 Å². The van der Waals surface area contributed by atoms with Crippen LogP contribution in [0.3, 0.4) is 0 Å². The average Bonchev–Trinajstić information content (AvgIpc) is 2.86. The minimum Gasteiger partial charge on any atom is -0.342 e. The second-order valence-corrected chi connectivity index (χ2v) is 6.70. The van der Waals surface area contributed by atoms with E-state index in [0.29, 0.717) is 18.2 Å². The molecular formula is C16H24N2OS. The van der Waals surface area contributed by atoms with Crippen LogP contribution in [0.5, 0.6) is 0 Å². The van der Waals surface area contributed by atoms with Crippen molar-refractivity contribution in [2.24, 2.45) is 11.7 Å². The van der Waals surface area contributed by atoms with E-state index in [1.54, 1.807) is 11.8 Å². The number of nitrogens with zero attached hydrogens (tertiary/aromatic N) is 1. The number of aryl methyl sites for hydroxylation is 2. The van der Waals surface area contributed by atoms with Crippen molar-refractivity contribution < 1.29 is 4.79 Å². The number of thioether (sulfide) groups is 1. The molecule has 110 valence electrons. The smallest absolute Gasteiger partial charge is 0.232 e. The van der Waals surface area contributed by atoms with Crippen LogP contribution in [0.2, 0.25) is 0 Å². The molecule has 20 heavy (non-hydrogen) atoms. The molecule has 1 aliphatic rings. The van der Waals surface area contributed by atoms with Crippen molar-refractivity contribution in [1.29, 1.82) is 0 Å². The quantitative estimate of drug-likeness (QED) is 0.906. The Morgan fingerprint density at radius 3 is 2.65 bits per heavy atom. The first kappa shape index (κ1) is 15.4. The van der Waals surface area contributed by atoms with Crippen molar-refractivity contribution in [3.05, 3.63) is 34.9 Å². The predicted octanol–water partition coefficient (Wildman–Crippen LogP) is 2.34. The lowest BCUT2D eigenvalue weighted by Gasteiger charge is -2.16. The van der Waals surface area contributed by atoms with E-state index in [1.807, 2.05) is 4.90 Å². The van der Waals surface area contributed by atoms with E-state index >= 15 is 0 Å². The lowest BCUT2D eigenvalue weighted by atomic mass is 10.1. The highest BCUT2D eigenvalue weighted by atomic mass is 32.2. The van der Waals surface area contributed by atoms with E-state index < -0.39 is 0 Å². The molecular weight excluding hydrogens is 268 g/mol. The van der Waals surface area contributed by atoms with Gasteiger partial charge in [-0.25, -0.2) is 0 Å². The fourth-order valence-corrected chi connectivity index (χ4v) is 3.61. The summed E-state index contributed by atoms with van der Waals surface area (Å²) in [6, 6.07) is 6.58. The minimum absolute atomic E-state index is 0.260. The van der Waals surface area contributed by atoms with Gasteiger partial charge in [0.25, 0.3) is 0 Å². The number of nitrogens with two attached hydrogens (primary N) is 1. The van der Waals surface area contributed by atoms with Crippen LogP contribution in [-0.4, -0.2) is 36.2 Å². The van der Waals surface area contributed by atoms with Gasteiger partial charge in [0.2, 0.25) is 5.91 Å². The Hall–Kier alpha value is -1.00. The van der Waals surface area contributed by atoms with Crippen molar-refractivity contribution in [3.8, 4) is 0 Å². The second kappa shape index (κ2) is 7.14. The number of carbonyl (C=O) groups is 1. The Bertz CT molecular complexity index is 455. The Labute approximate surface area is 125 Å². The molecule has 4 heteroatoms. The number of benzene rings is 1. The van der Waals surface area contributed by atoms with E-state index in [1.165, 1.54) is 16.7 Å². The molecule has 1 heterocycles. The molecule has 0 aliphatic carbocycles. The Morgan fingerprint density at radius 1 is 1.35 bits per heavy atom. The zero-order valence-electron chi connectivity index (χ0n) is 12.4. The van der Waals surface area contributed by atoms with Gasteiger partial charge in [0, 0.05) is 18.8 Å². The summed E-state index contributed by atoms with van der Waals surface area (Å²) in [5.41, 5.74) is 9.54. The van der Waals surface area contributed by atoms with Crippen LogP contribution < -0.4 is 5.73 Å². The molecule has 2 rings (SSSR count). The highest BCUT2D eigenvalue weighted by Crippen LogP contribution is 2.19. The third-order valence-corrected chi connectivity index (χ3v) is 4.74. The molecule has 2 N–H and O–H groups in total. The SMILES string of the molecule is Cc1cc(C)cc(CSCC(=O)N2CCC(CN)C2)c1. The molecule has 0 bridgehead atoms. The lowest BCUT2D eigenvalue weighted by molar-refractivity contribution is -0.127. The average molecular weight is 292 g/mol. The van der Waals surface area contributed by atoms with Crippen LogP contribution in [-0.2, 0) is 10.5 Å². The summed E-state index contributed by atoms with van der Waals surface area (Å²) in [6.07, 6.45) is 1.06. The van der Waals surface area contributed by atoms with Gasteiger partial charge in [0.05, 0.1) is 5.75 Å². The van der Waals surface area contributed by atoms with Crippen LogP contribution in [0.25, 0.3) is 0 Å². The summed E-state index contributed by atoms with van der Waals surface area (Å²) in [7, 11) is 0.